The molecule has 28 heavy (non-hydrogen) atoms. The molecule has 0 aliphatic carbocycles. The Kier molecular flexibility index (Phi) is 6.01. The fourth-order valence-electron chi connectivity index (χ4n) is 2.60. The van der Waals surface area contributed by atoms with E-state index in [0.29, 0.717) is 33.6 Å². The zero-order valence-corrected chi connectivity index (χ0v) is 16.5. The van der Waals surface area contributed by atoms with E-state index < -0.39 is 0 Å². The van der Waals surface area contributed by atoms with E-state index in [1.54, 1.807) is 43.5 Å². The molecule has 144 valence electrons. The van der Waals surface area contributed by atoms with Crippen molar-refractivity contribution in [1.29, 1.82) is 0 Å². The highest BCUT2D eigenvalue weighted by atomic mass is 35.5. The number of aryl methyl sites for hydroxylation is 1. The van der Waals surface area contributed by atoms with Gasteiger partial charge in [0.05, 0.1) is 25.5 Å². The molecule has 6 nitrogen and oxygen atoms in total. The SMILES string of the molecule is COc1ccc(NC(=O)c2ccc(Nc3ccc(Cl)cc3C)nc2)c(OC)c1. The lowest BCUT2D eigenvalue weighted by atomic mass is 10.2. The van der Waals surface area contributed by atoms with Gasteiger partial charge in [-0.25, -0.2) is 4.98 Å². The summed E-state index contributed by atoms with van der Waals surface area (Å²) in [7, 11) is 3.10. The highest BCUT2D eigenvalue weighted by Gasteiger charge is 2.11. The molecule has 0 aliphatic rings. The summed E-state index contributed by atoms with van der Waals surface area (Å²) in [5, 5.41) is 6.71. The predicted octanol–water partition coefficient (Wildman–Crippen LogP) is 5.06. The van der Waals surface area contributed by atoms with E-state index in [1.807, 2.05) is 19.1 Å². The number of nitrogens with one attached hydrogen (secondary N) is 2. The van der Waals surface area contributed by atoms with Crippen LogP contribution in [0.15, 0.2) is 54.7 Å². The summed E-state index contributed by atoms with van der Waals surface area (Å²) in [5.41, 5.74) is 2.88. The fourth-order valence-corrected chi connectivity index (χ4v) is 2.83. The second-order valence-corrected chi connectivity index (χ2v) is 6.47. The van der Waals surface area contributed by atoms with Gasteiger partial charge >= 0.3 is 0 Å². The van der Waals surface area contributed by atoms with Gasteiger partial charge in [0, 0.05) is 23.0 Å². The first-order chi connectivity index (χ1) is 13.5. The van der Waals surface area contributed by atoms with Gasteiger partial charge in [-0.1, -0.05) is 11.6 Å². The second kappa shape index (κ2) is 8.63. The Morgan fingerprint density at radius 2 is 1.79 bits per heavy atom. The van der Waals surface area contributed by atoms with Crippen molar-refractivity contribution in [3.8, 4) is 11.5 Å². The fraction of sp³-hybridized carbons (Fsp3) is 0.143. The van der Waals surface area contributed by atoms with Crippen LogP contribution >= 0.6 is 11.6 Å². The van der Waals surface area contributed by atoms with Crippen LogP contribution in [0.3, 0.4) is 0 Å². The third kappa shape index (κ3) is 4.53. The first-order valence-corrected chi connectivity index (χ1v) is 8.90. The number of carbonyl (C=O) groups excluding carboxylic acids is 1. The number of amides is 1. The maximum absolute atomic E-state index is 12.5. The Morgan fingerprint density at radius 3 is 2.43 bits per heavy atom. The molecular weight excluding hydrogens is 378 g/mol. The highest BCUT2D eigenvalue weighted by molar-refractivity contribution is 6.30. The summed E-state index contributed by atoms with van der Waals surface area (Å²) in [6.45, 7) is 1.96. The highest BCUT2D eigenvalue weighted by Crippen LogP contribution is 2.29. The van der Waals surface area contributed by atoms with Crippen molar-refractivity contribution in [3.63, 3.8) is 0 Å². The van der Waals surface area contributed by atoms with Crippen LogP contribution in [0, 0.1) is 6.92 Å². The average molecular weight is 398 g/mol. The van der Waals surface area contributed by atoms with Crippen LogP contribution in [0.25, 0.3) is 0 Å². The van der Waals surface area contributed by atoms with E-state index in [9.17, 15) is 4.79 Å². The molecule has 0 spiro atoms. The smallest absolute Gasteiger partial charge is 0.257 e. The molecule has 0 aliphatic heterocycles. The number of aromatic nitrogens is 1. The second-order valence-electron chi connectivity index (χ2n) is 6.04. The number of carbonyl (C=O) groups is 1. The van der Waals surface area contributed by atoms with Gasteiger partial charge in [-0.15, -0.1) is 0 Å². The normalized spacial score (nSPS) is 10.3. The van der Waals surface area contributed by atoms with E-state index in [2.05, 4.69) is 15.6 Å². The van der Waals surface area contributed by atoms with E-state index in [-0.39, 0.29) is 5.91 Å². The van der Waals surface area contributed by atoms with Crippen molar-refractivity contribution in [2.75, 3.05) is 24.9 Å². The molecule has 2 N–H and O–H groups in total. The number of pyridine rings is 1. The largest absolute Gasteiger partial charge is 0.497 e. The Labute approximate surface area is 168 Å². The van der Waals surface area contributed by atoms with Crippen molar-refractivity contribution >= 4 is 34.7 Å². The monoisotopic (exact) mass is 397 g/mol. The van der Waals surface area contributed by atoms with Gasteiger partial charge in [0.15, 0.2) is 0 Å². The van der Waals surface area contributed by atoms with Crippen LogP contribution < -0.4 is 20.1 Å². The van der Waals surface area contributed by atoms with Crippen molar-refractivity contribution in [3.05, 3.63) is 70.9 Å². The summed E-state index contributed by atoms with van der Waals surface area (Å²) < 4.78 is 10.5. The molecule has 0 saturated heterocycles. The molecule has 1 amide bonds. The number of methoxy groups -OCH3 is 2. The van der Waals surface area contributed by atoms with Crippen LogP contribution in [0.1, 0.15) is 15.9 Å². The number of rotatable bonds is 6. The Morgan fingerprint density at radius 1 is 1.00 bits per heavy atom. The topological polar surface area (TPSA) is 72.5 Å². The van der Waals surface area contributed by atoms with Crippen LogP contribution in [-0.4, -0.2) is 25.1 Å². The van der Waals surface area contributed by atoms with Crippen molar-refractivity contribution < 1.29 is 14.3 Å². The molecule has 0 unspecified atom stereocenters. The van der Waals surface area contributed by atoms with Gasteiger partial charge in [0.2, 0.25) is 0 Å². The molecule has 0 atom stereocenters. The average Bonchev–Trinajstić information content (AvgIpc) is 2.71. The van der Waals surface area contributed by atoms with E-state index in [4.69, 9.17) is 21.1 Å². The number of halogens is 1. The molecule has 7 heteroatoms. The van der Waals surface area contributed by atoms with Crippen molar-refractivity contribution in [1.82, 2.24) is 4.98 Å². The number of hydrogen-bond acceptors (Lipinski definition) is 5. The summed E-state index contributed by atoms with van der Waals surface area (Å²) >= 11 is 5.98. The quantitative estimate of drug-likeness (QED) is 0.608. The van der Waals surface area contributed by atoms with Crippen molar-refractivity contribution in [2.24, 2.45) is 0 Å². The minimum atomic E-state index is -0.287. The third-order valence-electron chi connectivity index (χ3n) is 4.13. The molecule has 1 aromatic heterocycles. The molecule has 3 aromatic rings. The summed E-state index contributed by atoms with van der Waals surface area (Å²) in [6, 6.07) is 14.2. The molecule has 0 saturated carbocycles. The zero-order chi connectivity index (χ0) is 20.1. The van der Waals surface area contributed by atoms with Gasteiger partial charge in [-0.3, -0.25) is 4.79 Å². The van der Waals surface area contributed by atoms with Gasteiger partial charge in [-0.2, -0.15) is 0 Å². The third-order valence-corrected chi connectivity index (χ3v) is 4.37. The lowest BCUT2D eigenvalue weighted by Gasteiger charge is -2.12. The minimum absolute atomic E-state index is 0.287. The molecule has 0 fully saturated rings. The molecule has 3 rings (SSSR count). The number of nitrogens with zero attached hydrogens (tertiary/aromatic N) is 1. The summed E-state index contributed by atoms with van der Waals surface area (Å²) in [6.07, 6.45) is 1.51. The van der Waals surface area contributed by atoms with Gasteiger partial charge in [0.1, 0.15) is 17.3 Å². The number of ether oxygens (including phenoxy) is 2. The van der Waals surface area contributed by atoms with Gasteiger partial charge in [-0.05, 0) is 55.0 Å². The molecular formula is C21H20ClN3O3. The summed E-state index contributed by atoms with van der Waals surface area (Å²) in [5.74, 6) is 1.50. The number of anilines is 3. The zero-order valence-electron chi connectivity index (χ0n) is 15.7. The molecule has 2 aromatic carbocycles. The van der Waals surface area contributed by atoms with Gasteiger partial charge in [0.25, 0.3) is 5.91 Å². The van der Waals surface area contributed by atoms with E-state index >= 15 is 0 Å². The van der Waals surface area contributed by atoms with Crippen molar-refractivity contribution in [2.45, 2.75) is 6.92 Å². The van der Waals surface area contributed by atoms with Crippen LogP contribution in [0.5, 0.6) is 11.5 Å². The first-order valence-electron chi connectivity index (χ1n) is 8.53. The standard InChI is InChI=1S/C21H20ClN3O3/c1-13-10-15(22)5-7-17(13)24-20-9-4-14(12-23-20)21(26)25-18-8-6-16(27-2)11-19(18)28-3/h4-12H,1-3H3,(H,23,24)(H,25,26). The Hall–Kier alpha value is -3.25. The summed E-state index contributed by atoms with van der Waals surface area (Å²) in [4.78, 5) is 16.8. The van der Waals surface area contributed by atoms with Gasteiger partial charge < -0.3 is 20.1 Å². The number of benzene rings is 2. The maximum atomic E-state index is 12.5. The predicted molar refractivity (Wildman–Crippen MR) is 111 cm³/mol. The maximum Gasteiger partial charge on any atom is 0.257 e. The Bertz CT molecular complexity index is 991. The number of hydrogen-bond donors (Lipinski definition) is 2. The molecule has 0 bridgehead atoms. The molecule has 0 radical (unpaired) electrons. The van der Waals surface area contributed by atoms with E-state index in [1.165, 1.54) is 13.3 Å². The lowest BCUT2D eigenvalue weighted by molar-refractivity contribution is 0.102. The van der Waals surface area contributed by atoms with Crippen LogP contribution in [-0.2, 0) is 0 Å². The lowest BCUT2D eigenvalue weighted by Crippen LogP contribution is -2.13. The molecule has 1 heterocycles. The Balaban J connectivity index is 1.72. The van der Waals surface area contributed by atoms with E-state index in [0.717, 1.165) is 11.3 Å². The van der Waals surface area contributed by atoms with Crippen LogP contribution in [0.4, 0.5) is 17.2 Å². The van der Waals surface area contributed by atoms with Crippen LogP contribution in [0.2, 0.25) is 5.02 Å². The first kappa shape index (κ1) is 19.5. The minimum Gasteiger partial charge on any atom is -0.497 e.